The minimum atomic E-state index is -2.50. The SMILES string of the molecule is N#Cc1cc(-c2ccc(C[SH](=O)=O)cc2)n(-c2ccc(C(=O)O)cc2)n1. The maximum atomic E-state index is 11.0. The Morgan fingerprint density at radius 2 is 1.77 bits per heavy atom. The first kappa shape index (κ1) is 17.4. The highest BCUT2D eigenvalue weighted by Gasteiger charge is 2.12. The van der Waals surface area contributed by atoms with E-state index in [2.05, 4.69) is 5.10 Å². The molecule has 0 fully saturated rings. The van der Waals surface area contributed by atoms with Gasteiger partial charge in [-0.2, -0.15) is 10.4 Å². The van der Waals surface area contributed by atoms with Crippen molar-refractivity contribution in [2.45, 2.75) is 5.75 Å². The Kier molecular flexibility index (Phi) is 4.82. The van der Waals surface area contributed by atoms with E-state index in [4.69, 9.17) is 10.4 Å². The summed E-state index contributed by atoms with van der Waals surface area (Å²) in [5.74, 6) is -1.06. The van der Waals surface area contributed by atoms with E-state index in [1.807, 2.05) is 6.07 Å². The Hall–Kier alpha value is -3.44. The lowest BCUT2D eigenvalue weighted by molar-refractivity contribution is 0.0697. The van der Waals surface area contributed by atoms with Crippen LogP contribution in [0, 0.1) is 11.3 Å². The normalized spacial score (nSPS) is 10.6. The second-order valence-electron chi connectivity index (χ2n) is 5.48. The Balaban J connectivity index is 2.04. The predicted molar refractivity (Wildman–Crippen MR) is 94.7 cm³/mol. The number of aromatic carboxylic acids is 1. The Bertz CT molecular complexity index is 1070. The first-order chi connectivity index (χ1) is 12.5. The molecule has 0 saturated carbocycles. The second kappa shape index (κ2) is 7.21. The number of thiol groups is 1. The predicted octanol–water partition coefficient (Wildman–Crippen LogP) is 2.22. The van der Waals surface area contributed by atoms with Gasteiger partial charge in [0.05, 0.1) is 22.7 Å². The third-order valence-corrected chi connectivity index (χ3v) is 4.37. The molecule has 0 saturated heterocycles. The molecular formula is C18H13N3O4S. The molecule has 1 heterocycles. The molecule has 0 atom stereocenters. The van der Waals surface area contributed by atoms with Crippen LogP contribution >= 0.6 is 0 Å². The standard InChI is InChI=1S/C18H13N3O4S/c19-10-15-9-17(13-3-1-12(2-4-13)11-26(24)25)21(20-15)16-7-5-14(6-8-16)18(22)23/h1-9,26H,11H2,(H,22,23). The Morgan fingerprint density at radius 1 is 1.12 bits per heavy atom. The molecule has 0 amide bonds. The van der Waals surface area contributed by atoms with Crippen LogP contribution in [-0.2, 0) is 16.5 Å². The smallest absolute Gasteiger partial charge is 0.335 e. The second-order valence-corrected chi connectivity index (χ2v) is 6.46. The number of carbonyl (C=O) groups is 1. The van der Waals surface area contributed by atoms with E-state index in [9.17, 15) is 13.2 Å². The number of carboxylic acids is 1. The van der Waals surface area contributed by atoms with Crippen molar-refractivity contribution in [3.63, 3.8) is 0 Å². The summed E-state index contributed by atoms with van der Waals surface area (Å²) in [6.45, 7) is 0. The van der Waals surface area contributed by atoms with Crippen LogP contribution < -0.4 is 0 Å². The highest BCUT2D eigenvalue weighted by molar-refractivity contribution is 7.71. The first-order valence-corrected chi connectivity index (χ1v) is 8.89. The molecule has 0 aliphatic heterocycles. The number of rotatable bonds is 5. The number of benzene rings is 2. The van der Waals surface area contributed by atoms with Crippen LogP contribution in [0.5, 0.6) is 0 Å². The van der Waals surface area contributed by atoms with Crippen molar-refractivity contribution in [3.8, 4) is 23.0 Å². The monoisotopic (exact) mass is 367 g/mol. The number of aromatic nitrogens is 2. The molecule has 130 valence electrons. The van der Waals surface area contributed by atoms with Crippen molar-refractivity contribution in [2.24, 2.45) is 0 Å². The van der Waals surface area contributed by atoms with E-state index < -0.39 is 16.7 Å². The molecule has 0 unspecified atom stereocenters. The van der Waals surface area contributed by atoms with Crippen LogP contribution in [-0.4, -0.2) is 29.3 Å². The quantitative estimate of drug-likeness (QED) is 0.669. The molecule has 0 bridgehead atoms. The van der Waals surface area contributed by atoms with Gasteiger partial charge in [0.2, 0.25) is 0 Å². The summed E-state index contributed by atoms with van der Waals surface area (Å²) in [4.78, 5) is 11.0. The Morgan fingerprint density at radius 3 is 2.31 bits per heavy atom. The molecular weight excluding hydrogens is 354 g/mol. The molecule has 0 aliphatic carbocycles. The summed E-state index contributed by atoms with van der Waals surface area (Å²) in [5.41, 5.74) is 3.04. The minimum Gasteiger partial charge on any atom is -0.478 e. The maximum absolute atomic E-state index is 11.0. The van der Waals surface area contributed by atoms with E-state index in [1.165, 1.54) is 12.1 Å². The summed E-state index contributed by atoms with van der Waals surface area (Å²) >= 11 is 0. The van der Waals surface area contributed by atoms with Gasteiger partial charge in [-0.05, 0) is 29.8 Å². The maximum Gasteiger partial charge on any atom is 0.335 e. The van der Waals surface area contributed by atoms with Gasteiger partial charge in [0.15, 0.2) is 5.69 Å². The van der Waals surface area contributed by atoms with Crippen molar-refractivity contribution in [1.29, 1.82) is 5.26 Å². The summed E-state index contributed by atoms with van der Waals surface area (Å²) in [6, 6.07) is 16.7. The van der Waals surface area contributed by atoms with Crippen molar-refractivity contribution >= 4 is 16.7 Å². The fourth-order valence-electron chi connectivity index (χ4n) is 2.51. The van der Waals surface area contributed by atoms with Crippen LogP contribution in [0.25, 0.3) is 16.9 Å². The van der Waals surface area contributed by atoms with Crippen molar-refractivity contribution in [1.82, 2.24) is 9.78 Å². The van der Waals surface area contributed by atoms with Crippen LogP contribution in [0.2, 0.25) is 0 Å². The van der Waals surface area contributed by atoms with Crippen LogP contribution in [0.1, 0.15) is 21.6 Å². The largest absolute Gasteiger partial charge is 0.478 e. The molecule has 0 aliphatic rings. The molecule has 2 aromatic carbocycles. The number of nitriles is 1. The molecule has 7 nitrogen and oxygen atoms in total. The summed E-state index contributed by atoms with van der Waals surface area (Å²) in [7, 11) is -2.50. The molecule has 3 rings (SSSR count). The molecule has 3 aromatic rings. The fourth-order valence-corrected chi connectivity index (χ4v) is 3.02. The van der Waals surface area contributed by atoms with Gasteiger partial charge in [-0.15, -0.1) is 0 Å². The van der Waals surface area contributed by atoms with Crippen molar-refractivity contribution < 1.29 is 18.3 Å². The highest BCUT2D eigenvalue weighted by Crippen LogP contribution is 2.25. The zero-order valence-corrected chi connectivity index (χ0v) is 14.3. The molecule has 0 spiro atoms. The zero-order valence-electron chi connectivity index (χ0n) is 13.4. The highest BCUT2D eigenvalue weighted by atomic mass is 32.2. The molecule has 1 aromatic heterocycles. The average Bonchev–Trinajstić information content (AvgIpc) is 3.06. The number of nitrogens with zero attached hydrogens (tertiary/aromatic N) is 3. The van der Waals surface area contributed by atoms with Gasteiger partial charge >= 0.3 is 5.97 Å². The van der Waals surface area contributed by atoms with Gasteiger partial charge in [-0.25, -0.2) is 17.9 Å². The number of hydrogen-bond acceptors (Lipinski definition) is 5. The van der Waals surface area contributed by atoms with Crippen LogP contribution in [0.15, 0.2) is 54.6 Å². The molecule has 0 radical (unpaired) electrons. The third-order valence-electron chi connectivity index (χ3n) is 3.74. The van der Waals surface area contributed by atoms with E-state index in [0.29, 0.717) is 16.9 Å². The Labute approximate surface area is 150 Å². The fraction of sp³-hybridized carbons (Fsp3) is 0.0556. The van der Waals surface area contributed by atoms with Crippen LogP contribution in [0.3, 0.4) is 0 Å². The van der Waals surface area contributed by atoms with E-state index in [1.54, 1.807) is 47.1 Å². The third kappa shape index (κ3) is 3.63. The zero-order chi connectivity index (χ0) is 18.7. The van der Waals surface area contributed by atoms with Gasteiger partial charge < -0.3 is 5.11 Å². The van der Waals surface area contributed by atoms with Crippen molar-refractivity contribution in [3.05, 3.63) is 71.4 Å². The average molecular weight is 367 g/mol. The van der Waals surface area contributed by atoms with E-state index in [0.717, 1.165) is 5.56 Å². The topological polar surface area (TPSA) is 113 Å². The van der Waals surface area contributed by atoms with Gasteiger partial charge in [0.25, 0.3) is 0 Å². The number of hydrogen-bond donors (Lipinski definition) is 2. The molecule has 1 N–H and O–H groups in total. The first-order valence-electron chi connectivity index (χ1n) is 7.53. The summed E-state index contributed by atoms with van der Waals surface area (Å²) < 4.78 is 23.2. The van der Waals surface area contributed by atoms with Gasteiger partial charge in [-0.3, -0.25) is 0 Å². The van der Waals surface area contributed by atoms with Crippen molar-refractivity contribution in [2.75, 3.05) is 0 Å². The summed E-state index contributed by atoms with van der Waals surface area (Å²) in [5, 5.41) is 22.4. The molecule has 8 heteroatoms. The lowest BCUT2D eigenvalue weighted by Gasteiger charge is -2.08. The molecule has 26 heavy (non-hydrogen) atoms. The van der Waals surface area contributed by atoms with Gasteiger partial charge in [0, 0.05) is 11.6 Å². The number of carboxylic acid groups (broad SMARTS) is 1. The minimum absolute atomic E-state index is 0.0328. The van der Waals surface area contributed by atoms with E-state index in [-0.39, 0.29) is 17.0 Å². The summed E-state index contributed by atoms with van der Waals surface area (Å²) in [6.07, 6.45) is 0. The lowest BCUT2D eigenvalue weighted by Crippen LogP contribution is -2.01. The lowest BCUT2D eigenvalue weighted by atomic mass is 10.1. The van der Waals surface area contributed by atoms with Gasteiger partial charge in [-0.1, -0.05) is 24.3 Å². The van der Waals surface area contributed by atoms with Crippen LogP contribution in [0.4, 0.5) is 0 Å². The van der Waals surface area contributed by atoms with E-state index >= 15 is 0 Å². The van der Waals surface area contributed by atoms with Gasteiger partial charge in [0.1, 0.15) is 16.8 Å².